The Morgan fingerprint density at radius 1 is 0.436 bits per heavy atom. The molecule has 4 aromatic heterocycles. The van der Waals surface area contributed by atoms with Crippen molar-refractivity contribution in [3.63, 3.8) is 0 Å². The smallest absolute Gasteiger partial charge is 0.0619 e. The maximum atomic E-state index is 3.90. The molecule has 6 aromatic carbocycles. The molecule has 39 heavy (non-hydrogen) atoms. The number of hydrogen-bond acceptors (Lipinski definition) is 0. The molecule has 10 aromatic rings. The van der Waals surface area contributed by atoms with E-state index >= 15 is 0 Å². The molecule has 0 bridgehead atoms. The molecule has 10 rings (SSSR count). The van der Waals surface area contributed by atoms with E-state index in [1.807, 2.05) is 0 Å². The van der Waals surface area contributed by atoms with E-state index in [1.54, 1.807) is 0 Å². The summed E-state index contributed by atoms with van der Waals surface area (Å²) in [6.45, 7) is 0. The zero-order chi connectivity index (χ0) is 25.2. The largest absolute Gasteiger partial charge is 0.354 e. The molecular formula is C36H21N3. The van der Waals surface area contributed by atoms with E-state index in [0.29, 0.717) is 0 Å². The average Bonchev–Trinajstić information content (AvgIpc) is 3.62. The Morgan fingerprint density at radius 2 is 1.10 bits per heavy atom. The number of fused-ring (bicyclic) bond motifs is 9. The van der Waals surface area contributed by atoms with Gasteiger partial charge in [0.2, 0.25) is 0 Å². The molecule has 0 radical (unpaired) electrons. The van der Waals surface area contributed by atoms with Gasteiger partial charge in [-0.15, -0.1) is 0 Å². The third-order valence-corrected chi connectivity index (χ3v) is 8.75. The highest BCUT2D eigenvalue weighted by Gasteiger charge is 2.23. The van der Waals surface area contributed by atoms with Crippen molar-refractivity contribution in [1.82, 2.24) is 14.0 Å². The second-order valence-electron chi connectivity index (χ2n) is 10.6. The first-order valence-corrected chi connectivity index (χ1v) is 13.5. The van der Waals surface area contributed by atoms with Gasteiger partial charge in [-0.1, -0.05) is 78.9 Å². The summed E-state index contributed by atoms with van der Waals surface area (Å²) in [6.07, 6.45) is 0. The molecule has 0 unspecified atom stereocenters. The van der Waals surface area contributed by atoms with Gasteiger partial charge in [-0.05, 0) is 47.9 Å². The normalized spacial score (nSPS) is 12.6. The van der Waals surface area contributed by atoms with Crippen molar-refractivity contribution in [2.24, 2.45) is 0 Å². The topological polar surface area (TPSA) is 25.1 Å². The number of benzene rings is 6. The molecule has 0 saturated carbocycles. The Balaban J connectivity index is 1.60. The number of nitrogens with zero attached hydrogens (tertiary/aromatic N) is 2. The van der Waals surface area contributed by atoms with Gasteiger partial charge < -0.3 is 14.0 Å². The summed E-state index contributed by atoms with van der Waals surface area (Å²) < 4.78 is 4.91. The lowest BCUT2D eigenvalue weighted by atomic mass is 10.0. The molecule has 1 N–H and O–H groups in total. The number of H-pyrrole nitrogens is 1. The molecule has 0 aliphatic heterocycles. The third kappa shape index (κ3) is 2.27. The van der Waals surface area contributed by atoms with E-state index in [4.69, 9.17) is 0 Å². The number of hydrogen-bond donors (Lipinski definition) is 1. The number of para-hydroxylation sites is 4. The van der Waals surface area contributed by atoms with Gasteiger partial charge in [-0.2, -0.15) is 0 Å². The van der Waals surface area contributed by atoms with Crippen molar-refractivity contribution in [2.75, 3.05) is 0 Å². The van der Waals surface area contributed by atoms with E-state index in [9.17, 15) is 0 Å². The second-order valence-corrected chi connectivity index (χ2v) is 10.6. The number of aromatic amines is 1. The number of rotatable bonds is 1. The van der Waals surface area contributed by atoms with E-state index in [0.717, 1.165) is 0 Å². The summed E-state index contributed by atoms with van der Waals surface area (Å²) in [6, 6.07) is 44.3. The SMILES string of the molecule is c1ccc(-n2c3ccccc3c3c4[nH]c5cccc6c5c4c(cc32)c2cccc3c4ccccc4n6c23)cc1. The first-order valence-electron chi connectivity index (χ1n) is 13.5. The molecule has 180 valence electrons. The van der Waals surface area contributed by atoms with Gasteiger partial charge in [0, 0.05) is 48.9 Å². The van der Waals surface area contributed by atoms with Crippen LogP contribution in [0.2, 0.25) is 0 Å². The van der Waals surface area contributed by atoms with Crippen LogP contribution < -0.4 is 0 Å². The molecular weight excluding hydrogens is 474 g/mol. The number of nitrogens with one attached hydrogen (secondary N) is 1. The van der Waals surface area contributed by atoms with E-state index in [1.165, 1.54) is 87.4 Å². The van der Waals surface area contributed by atoms with Gasteiger partial charge in [0.25, 0.3) is 0 Å². The summed E-state index contributed by atoms with van der Waals surface area (Å²) in [7, 11) is 0. The van der Waals surface area contributed by atoms with E-state index in [2.05, 4.69) is 135 Å². The molecule has 0 aliphatic carbocycles. The fourth-order valence-corrected chi connectivity index (χ4v) is 7.29. The molecule has 3 heteroatoms. The molecule has 0 fully saturated rings. The minimum atomic E-state index is 1.17. The molecule has 4 heterocycles. The summed E-state index contributed by atoms with van der Waals surface area (Å²) in [5.41, 5.74) is 9.77. The highest BCUT2D eigenvalue weighted by atomic mass is 15.0. The van der Waals surface area contributed by atoms with Crippen LogP contribution in [-0.4, -0.2) is 14.0 Å². The van der Waals surface area contributed by atoms with E-state index < -0.39 is 0 Å². The van der Waals surface area contributed by atoms with Gasteiger partial charge in [-0.25, -0.2) is 0 Å². The van der Waals surface area contributed by atoms with Crippen molar-refractivity contribution in [1.29, 1.82) is 0 Å². The molecule has 0 atom stereocenters. The monoisotopic (exact) mass is 495 g/mol. The Bertz CT molecular complexity index is 2590. The number of aromatic nitrogens is 3. The van der Waals surface area contributed by atoms with Crippen LogP contribution in [0.15, 0.2) is 121 Å². The standard InChI is InChI=1S/C36H21N3/c1-2-10-21(11-3-1)38-29-18-7-5-13-25(29)32-31(38)20-26-24-15-8-14-23-22-12-4-6-17-28(22)39(36(23)24)30-19-9-16-27-34(30)33(26)35(32)37-27/h1-20,37H. The maximum Gasteiger partial charge on any atom is 0.0619 e. The third-order valence-electron chi connectivity index (χ3n) is 8.75. The fourth-order valence-electron chi connectivity index (χ4n) is 7.29. The van der Waals surface area contributed by atoms with Crippen molar-refractivity contribution in [3.8, 4) is 5.69 Å². The lowest BCUT2D eigenvalue weighted by Crippen LogP contribution is -1.93. The summed E-state index contributed by atoms with van der Waals surface area (Å²) in [4.78, 5) is 3.90. The predicted molar refractivity (Wildman–Crippen MR) is 165 cm³/mol. The molecule has 0 spiro atoms. The van der Waals surface area contributed by atoms with Crippen LogP contribution in [0.1, 0.15) is 0 Å². The summed E-state index contributed by atoms with van der Waals surface area (Å²) in [5.74, 6) is 0. The van der Waals surface area contributed by atoms with Gasteiger partial charge >= 0.3 is 0 Å². The van der Waals surface area contributed by atoms with Crippen molar-refractivity contribution >= 4 is 81.7 Å². The quantitative estimate of drug-likeness (QED) is 0.235. The average molecular weight is 496 g/mol. The zero-order valence-electron chi connectivity index (χ0n) is 20.9. The van der Waals surface area contributed by atoms with Gasteiger partial charge in [-0.3, -0.25) is 0 Å². The Morgan fingerprint density at radius 3 is 1.97 bits per heavy atom. The highest BCUT2D eigenvalue weighted by molar-refractivity contribution is 6.37. The van der Waals surface area contributed by atoms with E-state index in [-0.39, 0.29) is 0 Å². The van der Waals surface area contributed by atoms with Crippen LogP contribution >= 0.6 is 0 Å². The summed E-state index contributed by atoms with van der Waals surface area (Å²) in [5, 5.41) is 10.3. The molecule has 0 saturated heterocycles. The minimum Gasteiger partial charge on any atom is -0.354 e. The van der Waals surface area contributed by atoms with Crippen LogP contribution in [-0.2, 0) is 0 Å². The van der Waals surface area contributed by atoms with Crippen LogP contribution in [0, 0.1) is 0 Å². The first-order chi connectivity index (χ1) is 19.4. The van der Waals surface area contributed by atoms with Crippen molar-refractivity contribution < 1.29 is 0 Å². The lowest BCUT2D eigenvalue weighted by Gasteiger charge is -2.08. The van der Waals surface area contributed by atoms with Crippen molar-refractivity contribution in [2.45, 2.75) is 0 Å². The maximum absolute atomic E-state index is 3.90. The Kier molecular flexibility index (Phi) is 3.44. The molecule has 0 aliphatic rings. The van der Waals surface area contributed by atoms with Gasteiger partial charge in [0.1, 0.15) is 0 Å². The van der Waals surface area contributed by atoms with Crippen LogP contribution in [0.3, 0.4) is 0 Å². The molecule has 3 nitrogen and oxygen atoms in total. The van der Waals surface area contributed by atoms with Gasteiger partial charge in [0.05, 0.1) is 33.1 Å². The fraction of sp³-hybridized carbons (Fsp3) is 0. The predicted octanol–water partition coefficient (Wildman–Crippen LogP) is 9.57. The second kappa shape index (κ2) is 6.77. The minimum absolute atomic E-state index is 1.17. The Labute approximate surface area is 222 Å². The van der Waals surface area contributed by atoms with Gasteiger partial charge in [0.15, 0.2) is 0 Å². The van der Waals surface area contributed by atoms with Crippen LogP contribution in [0.5, 0.6) is 0 Å². The summed E-state index contributed by atoms with van der Waals surface area (Å²) >= 11 is 0. The highest BCUT2D eigenvalue weighted by Crippen LogP contribution is 2.46. The van der Waals surface area contributed by atoms with Crippen molar-refractivity contribution in [3.05, 3.63) is 121 Å². The molecule has 0 amide bonds. The van der Waals surface area contributed by atoms with Crippen LogP contribution in [0.25, 0.3) is 87.4 Å². The first kappa shape index (κ1) is 19.8. The zero-order valence-corrected chi connectivity index (χ0v) is 20.9. The van der Waals surface area contributed by atoms with Crippen LogP contribution in [0.4, 0.5) is 0 Å². The lowest BCUT2D eigenvalue weighted by molar-refractivity contribution is 1.18. The Hall–Kier alpha value is -5.28.